The van der Waals surface area contributed by atoms with Gasteiger partial charge < -0.3 is 14.5 Å². The highest BCUT2D eigenvalue weighted by Gasteiger charge is 2.14. The van der Waals surface area contributed by atoms with E-state index in [0.717, 1.165) is 10.9 Å². The summed E-state index contributed by atoms with van der Waals surface area (Å²) >= 11 is 7.35. The van der Waals surface area contributed by atoms with Crippen LogP contribution in [0.5, 0.6) is 5.75 Å². The van der Waals surface area contributed by atoms with Crippen molar-refractivity contribution in [2.24, 2.45) is 0 Å². The number of furan rings is 1. The van der Waals surface area contributed by atoms with Crippen LogP contribution in [0.4, 0.5) is 5.69 Å². The molecule has 0 saturated carbocycles. The minimum absolute atomic E-state index is 0.161. The summed E-state index contributed by atoms with van der Waals surface area (Å²) in [6.07, 6.45) is 1.58. The lowest BCUT2D eigenvalue weighted by Gasteiger charge is -2.11. The number of anilines is 1. The van der Waals surface area contributed by atoms with E-state index in [1.54, 1.807) is 36.6 Å². The molecule has 4 aromatic rings. The predicted molar refractivity (Wildman–Crippen MR) is 115 cm³/mol. The van der Waals surface area contributed by atoms with Gasteiger partial charge in [0.1, 0.15) is 10.8 Å². The number of methoxy groups -OCH3 is 1. The number of ether oxygens (including phenoxy) is 1. The van der Waals surface area contributed by atoms with Crippen molar-refractivity contribution < 1.29 is 13.9 Å². The minimum atomic E-state index is -0.196. The molecular weight excluding hydrogens is 410 g/mol. The number of nitrogens with zero attached hydrogens (tertiary/aromatic N) is 2. The standard InChI is InChI=1S/C21H16ClN3O3S/c1-27-17-9-8-13(22)11-16(17)23-19(26)12-29-21-14-5-2-3-6-15(14)24-20(25-21)18-7-4-10-28-18/h2-11H,12H2,1H3,(H,23,26). The number of hydrogen-bond donors (Lipinski definition) is 1. The van der Waals surface area contributed by atoms with Crippen LogP contribution in [0.25, 0.3) is 22.5 Å². The Morgan fingerprint density at radius 1 is 1.17 bits per heavy atom. The number of amides is 1. The Morgan fingerprint density at radius 2 is 2.03 bits per heavy atom. The number of carbonyl (C=O) groups excluding carboxylic acids is 1. The fourth-order valence-corrected chi connectivity index (χ4v) is 3.76. The lowest BCUT2D eigenvalue weighted by molar-refractivity contribution is -0.113. The Morgan fingerprint density at radius 3 is 2.83 bits per heavy atom. The maximum Gasteiger partial charge on any atom is 0.234 e. The molecular formula is C21H16ClN3O3S. The number of aromatic nitrogens is 2. The highest BCUT2D eigenvalue weighted by molar-refractivity contribution is 8.00. The average molecular weight is 426 g/mol. The molecule has 2 aromatic heterocycles. The van der Waals surface area contributed by atoms with Crippen LogP contribution in [-0.2, 0) is 4.79 Å². The zero-order valence-corrected chi connectivity index (χ0v) is 17.0. The summed E-state index contributed by atoms with van der Waals surface area (Å²) in [5.74, 6) is 1.56. The molecule has 0 aliphatic heterocycles. The number of thioether (sulfide) groups is 1. The molecule has 1 N–H and O–H groups in total. The molecule has 2 heterocycles. The second kappa shape index (κ2) is 8.55. The summed E-state index contributed by atoms with van der Waals surface area (Å²) in [5, 5.41) is 4.92. The van der Waals surface area contributed by atoms with E-state index >= 15 is 0 Å². The average Bonchev–Trinajstić information content (AvgIpc) is 3.27. The van der Waals surface area contributed by atoms with Gasteiger partial charge in [-0.05, 0) is 36.4 Å². The second-order valence-corrected chi connectivity index (χ2v) is 7.43. The number of benzene rings is 2. The van der Waals surface area contributed by atoms with Gasteiger partial charge in [-0.15, -0.1) is 0 Å². The molecule has 0 saturated heterocycles. The fraction of sp³-hybridized carbons (Fsp3) is 0.0952. The highest BCUT2D eigenvalue weighted by Crippen LogP contribution is 2.30. The molecule has 0 spiro atoms. The number of rotatable bonds is 6. The second-order valence-electron chi connectivity index (χ2n) is 6.03. The first-order valence-corrected chi connectivity index (χ1v) is 10.1. The van der Waals surface area contributed by atoms with E-state index in [1.807, 2.05) is 24.3 Å². The number of fused-ring (bicyclic) bond motifs is 1. The van der Waals surface area contributed by atoms with Crippen molar-refractivity contribution >= 4 is 45.9 Å². The Kier molecular flexibility index (Phi) is 5.69. The molecule has 0 aliphatic carbocycles. The van der Waals surface area contributed by atoms with Crippen LogP contribution in [0.1, 0.15) is 0 Å². The first-order chi connectivity index (χ1) is 14.1. The maximum absolute atomic E-state index is 12.5. The number of para-hydroxylation sites is 1. The number of nitrogens with one attached hydrogen (secondary N) is 1. The monoisotopic (exact) mass is 425 g/mol. The van der Waals surface area contributed by atoms with E-state index in [1.165, 1.54) is 18.9 Å². The SMILES string of the molecule is COc1ccc(Cl)cc1NC(=O)CSc1nc(-c2ccco2)nc2ccccc12. The Bertz CT molecular complexity index is 1170. The molecule has 0 bridgehead atoms. The molecule has 146 valence electrons. The Hall–Kier alpha value is -3.03. The van der Waals surface area contributed by atoms with Crippen molar-refractivity contribution in [2.75, 3.05) is 18.2 Å². The minimum Gasteiger partial charge on any atom is -0.495 e. The van der Waals surface area contributed by atoms with Crippen molar-refractivity contribution in [2.45, 2.75) is 5.03 Å². The molecule has 4 rings (SSSR count). The lowest BCUT2D eigenvalue weighted by Crippen LogP contribution is -2.15. The molecule has 0 fully saturated rings. The van der Waals surface area contributed by atoms with Gasteiger partial charge in [0.2, 0.25) is 5.91 Å². The van der Waals surface area contributed by atoms with Crippen molar-refractivity contribution in [3.05, 3.63) is 65.9 Å². The van der Waals surface area contributed by atoms with Crippen molar-refractivity contribution in [1.82, 2.24) is 9.97 Å². The van der Waals surface area contributed by atoms with E-state index in [0.29, 0.717) is 33.1 Å². The van der Waals surface area contributed by atoms with E-state index in [2.05, 4.69) is 15.3 Å². The van der Waals surface area contributed by atoms with Gasteiger partial charge in [0.15, 0.2) is 11.6 Å². The maximum atomic E-state index is 12.5. The number of carbonyl (C=O) groups is 1. The van der Waals surface area contributed by atoms with Crippen LogP contribution >= 0.6 is 23.4 Å². The first kappa shape index (κ1) is 19.3. The predicted octanol–water partition coefficient (Wildman–Crippen LogP) is 5.28. The molecule has 8 heteroatoms. The van der Waals surface area contributed by atoms with E-state index in [4.69, 9.17) is 20.8 Å². The largest absolute Gasteiger partial charge is 0.495 e. The molecule has 2 aromatic carbocycles. The quantitative estimate of drug-likeness (QED) is 0.334. The molecule has 1 amide bonds. The summed E-state index contributed by atoms with van der Waals surface area (Å²) in [6.45, 7) is 0. The number of hydrogen-bond acceptors (Lipinski definition) is 6. The fourth-order valence-electron chi connectivity index (χ4n) is 2.77. The summed E-state index contributed by atoms with van der Waals surface area (Å²) < 4.78 is 10.7. The highest BCUT2D eigenvalue weighted by atomic mass is 35.5. The van der Waals surface area contributed by atoms with Crippen LogP contribution in [0.15, 0.2) is 70.3 Å². The third kappa shape index (κ3) is 4.36. The van der Waals surface area contributed by atoms with Gasteiger partial charge in [0.25, 0.3) is 0 Å². The van der Waals surface area contributed by atoms with Crippen LogP contribution in [0, 0.1) is 0 Å². The molecule has 29 heavy (non-hydrogen) atoms. The normalized spacial score (nSPS) is 10.8. The van der Waals surface area contributed by atoms with Gasteiger partial charge in [-0.25, -0.2) is 9.97 Å². The van der Waals surface area contributed by atoms with Gasteiger partial charge in [-0.1, -0.05) is 41.6 Å². The smallest absolute Gasteiger partial charge is 0.234 e. The molecule has 0 radical (unpaired) electrons. The Labute approximate surface area is 176 Å². The van der Waals surface area contributed by atoms with Crippen molar-refractivity contribution in [3.63, 3.8) is 0 Å². The third-order valence-corrected chi connectivity index (χ3v) is 5.31. The molecule has 6 nitrogen and oxygen atoms in total. The summed E-state index contributed by atoms with van der Waals surface area (Å²) in [5.41, 5.74) is 1.31. The summed E-state index contributed by atoms with van der Waals surface area (Å²) in [4.78, 5) is 21.7. The lowest BCUT2D eigenvalue weighted by atomic mass is 10.2. The number of halogens is 1. The summed E-state index contributed by atoms with van der Waals surface area (Å²) in [6, 6.07) is 16.3. The van der Waals surface area contributed by atoms with Crippen LogP contribution < -0.4 is 10.1 Å². The van der Waals surface area contributed by atoms with Crippen LogP contribution in [0.3, 0.4) is 0 Å². The van der Waals surface area contributed by atoms with E-state index in [-0.39, 0.29) is 11.7 Å². The van der Waals surface area contributed by atoms with E-state index < -0.39 is 0 Å². The Balaban J connectivity index is 1.56. The van der Waals surface area contributed by atoms with Crippen molar-refractivity contribution in [1.29, 1.82) is 0 Å². The molecule has 0 atom stereocenters. The van der Waals surface area contributed by atoms with Crippen LogP contribution in [-0.4, -0.2) is 28.7 Å². The van der Waals surface area contributed by atoms with Gasteiger partial charge >= 0.3 is 0 Å². The van der Waals surface area contributed by atoms with E-state index in [9.17, 15) is 4.79 Å². The molecule has 0 aliphatic rings. The van der Waals surface area contributed by atoms with Crippen LogP contribution in [0.2, 0.25) is 5.02 Å². The van der Waals surface area contributed by atoms with Gasteiger partial charge in [-0.2, -0.15) is 0 Å². The zero-order valence-electron chi connectivity index (χ0n) is 15.4. The third-order valence-electron chi connectivity index (χ3n) is 4.09. The topological polar surface area (TPSA) is 77.2 Å². The van der Waals surface area contributed by atoms with Gasteiger partial charge in [0, 0.05) is 10.4 Å². The van der Waals surface area contributed by atoms with Gasteiger partial charge in [0.05, 0.1) is 30.3 Å². The molecule has 0 unspecified atom stereocenters. The summed E-state index contributed by atoms with van der Waals surface area (Å²) in [7, 11) is 1.54. The van der Waals surface area contributed by atoms with Gasteiger partial charge in [-0.3, -0.25) is 4.79 Å². The van der Waals surface area contributed by atoms with Crippen molar-refractivity contribution in [3.8, 4) is 17.3 Å². The first-order valence-electron chi connectivity index (χ1n) is 8.71. The zero-order chi connectivity index (χ0) is 20.2.